The largest absolute Gasteiger partial charge is 0.476 e. The van der Waals surface area contributed by atoms with Crippen molar-refractivity contribution in [1.82, 2.24) is 16.0 Å². The number of aliphatic hydroxyl groups is 12. The number of halogens is 9. The van der Waals surface area contributed by atoms with Crippen LogP contribution in [0.4, 0.5) is 39.5 Å². The minimum Gasteiger partial charge on any atom is -0.476 e. The number of ketones is 3. The van der Waals surface area contributed by atoms with Gasteiger partial charge in [-0.15, -0.1) is 0 Å². The lowest BCUT2D eigenvalue weighted by molar-refractivity contribution is -0.284. The monoisotopic (exact) mass is 1530 g/mol. The zero-order chi connectivity index (χ0) is 79.7. The van der Waals surface area contributed by atoms with Crippen LogP contribution in [0.5, 0.6) is 17.2 Å². The fraction of sp³-hybridized carbons (Fsp3) is 0.571. The molecular formula is C63H78F9N3O30. The van der Waals surface area contributed by atoms with Gasteiger partial charge in [0.05, 0.1) is 75.5 Å². The van der Waals surface area contributed by atoms with Crippen molar-refractivity contribution in [2.75, 3.05) is 19.8 Å². The summed E-state index contributed by atoms with van der Waals surface area (Å²) in [5, 5.41) is 156. The highest BCUT2D eigenvalue weighted by Crippen LogP contribution is 2.40. The lowest BCUT2D eigenvalue weighted by Crippen LogP contribution is -2.68. The van der Waals surface area contributed by atoms with Crippen molar-refractivity contribution < 1.29 is 188 Å². The average Bonchev–Trinajstić information content (AvgIpc) is 0.774. The number of rotatable bonds is 30. The number of carboxylic acid groups (broad SMARTS) is 3. The van der Waals surface area contributed by atoms with E-state index in [-0.39, 0.29) is 41.2 Å². The second-order valence-electron chi connectivity index (χ2n) is 24.1. The van der Waals surface area contributed by atoms with E-state index >= 15 is 0 Å². The van der Waals surface area contributed by atoms with Gasteiger partial charge in [0.2, 0.25) is 35.1 Å². The van der Waals surface area contributed by atoms with E-state index in [2.05, 4.69) is 16.0 Å². The number of carboxylic acids is 3. The summed E-state index contributed by atoms with van der Waals surface area (Å²) in [4.78, 5) is 105. The van der Waals surface area contributed by atoms with E-state index in [0.29, 0.717) is 5.56 Å². The topological polar surface area (TPSA) is 549 Å². The molecule has 3 saturated heterocycles. The smallest absolute Gasteiger partial charge is 0.449 e. The summed E-state index contributed by atoms with van der Waals surface area (Å²) in [6.07, 6.45) is -42.6. The fourth-order valence-electron chi connectivity index (χ4n) is 10.7. The van der Waals surface area contributed by atoms with E-state index in [1.165, 1.54) is 72.8 Å². The molecule has 0 saturated carbocycles. The first kappa shape index (κ1) is 89.1. The Morgan fingerprint density at radius 1 is 0.448 bits per heavy atom. The van der Waals surface area contributed by atoms with Crippen molar-refractivity contribution in [2.24, 2.45) is 0 Å². The molecule has 105 heavy (non-hydrogen) atoms. The molecule has 3 amide bonds. The lowest BCUT2D eigenvalue weighted by atomic mass is 9.88. The van der Waals surface area contributed by atoms with Gasteiger partial charge in [0.15, 0.2) is 0 Å². The summed E-state index contributed by atoms with van der Waals surface area (Å²) in [6.45, 7) is 0.390. The van der Waals surface area contributed by atoms with Crippen LogP contribution in [0.25, 0.3) is 0 Å². The maximum absolute atomic E-state index is 12.6. The minimum absolute atomic E-state index is 0.0280. The lowest BCUT2D eigenvalue weighted by Gasteiger charge is -2.46. The molecule has 0 aromatic heterocycles. The summed E-state index contributed by atoms with van der Waals surface area (Å²) in [5.41, 5.74) is 0.565. The Balaban J connectivity index is 0.000000333. The summed E-state index contributed by atoms with van der Waals surface area (Å²) in [5.74, 6) is -21.7. The Labute approximate surface area is 587 Å². The molecule has 0 bridgehead atoms. The molecule has 3 fully saturated rings. The number of aliphatic carboxylic acids is 3. The van der Waals surface area contributed by atoms with Gasteiger partial charge in [0.25, 0.3) is 0 Å². The number of hydrogen-bond donors (Lipinski definition) is 18. The van der Waals surface area contributed by atoms with E-state index < -0.39 is 245 Å². The highest BCUT2D eigenvalue weighted by Gasteiger charge is 2.60. The maximum Gasteiger partial charge on any atom is 0.449 e. The molecule has 0 radical (unpaired) electrons. The first-order valence-corrected chi connectivity index (χ1v) is 31.2. The molecular weight excluding hydrogens is 1450 g/mol. The normalized spacial score (nSPS) is 26.5. The van der Waals surface area contributed by atoms with Gasteiger partial charge in [-0.3, -0.25) is 28.8 Å². The Morgan fingerprint density at radius 2 is 0.771 bits per heavy atom. The van der Waals surface area contributed by atoms with Gasteiger partial charge in [0.1, 0.15) is 72.2 Å². The van der Waals surface area contributed by atoms with Gasteiger partial charge >= 0.3 is 53.8 Å². The zero-order valence-corrected chi connectivity index (χ0v) is 55.3. The first-order chi connectivity index (χ1) is 48.6. The third-order valence-corrected chi connectivity index (χ3v) is 16.0. The van der Waals surface area contributed by atoms with E-state index in [1.807, 2.05) is 0 Å². The molecule has 588 valence electrons. The van der Waals surface area contributed by atoms with Gasteiger partial charge < -0.3 is 121 Å². The van der Waals surface area contributed by atoms with E-state index in [1.54, 1.807) is 0 Å². The number of benzene rings is 3. The molecule has 0 spiro atoms. The second kappa shape index (κ2) is 37.8. The maximum atomic E-state index is 12.6. The zero-order valence-electron chi connectivity index (χ0n) is 55.3. The van der Waals surface area contributed by atoms with Crippen LogP contribution in [-0.4, -0.2) is 277 Å². The molecule has 3 aromatic carbocycles. The van der Waals surface area contributed by atoms with Crippen LogP contribution >= 0.6 is 0 Å². The quantitative estimate of drug-likeness (QED) is 0.0316. The Hall–Kier alpha value is -8.34. The van der Waals surface area contributed by atoms with Crippen LogP contribution < -0.4 is 30.2 Å². The van der Waals surface area contributed by atoms with Crippen molar-refractivity contribution in [3.63, 3.8) is 0 Å². The van der Waals surface area contributed by atoms with Crippen LogP contribution in [-0.2, 0) is 76.6 Å². The number of carbonyl (C=O) groups is 9. The van der Waals surface area contributed by atoms with E-state index in [4.69, 9.17) is 38.6 Å². The van der Waals surface area contributed by atoms with Crippen molar-refractivity contribution in [2.45, 2.75) is 206 Å². The predicted octanol–water partition coefficient (Wildman–Crippen LogP) is -2.16. The number of aliphatic hydroxyl groups excluding tert-OH is 12. The standard InChI is InChI=1S/3C21H26F3NO10/c1-10(27)25-16-13(28)8-20(19(32)33,35-18(16)17(31)14(29)9-26)34-12-5-2-11(3-6-12)4-7-15(30)21(22,23)24;1-10(27)25-16-13(28)8-20(19(32)33,35-18(16)17(31)14(29)9-26)34-12-4-2-3-11(7-12)5-6-15(30)21(22,23)24;1-10(27)25-16-12(28)8-20(19(32)33,35-18(16)17(31)13(29)9-26)34-14-5-3-2-4-11(14)6-7-15(30)21(22,23)24/h2-3,5-6,13-14,16-18,26,28-29,31H,4,7-9H2,1H3,(H,25,27)(H,32,33);2-4,7,13-14,16-18,26,28-29,31H,5-6,8-9H2,1H3,(H,25,27)(H,32,33);2-5,12-13,16-18,26,28-29,31H,6-9H2,1H3,(H,25,27)(H,32,33)/t2*13?,14-,16?,17-,18?,20?;12?,13-,16?,17-,18?,20?/m111/s1. The van der Waals surface area contributed by atoms with Crippen molar-refractivity contribution in [1.29, 1.82) is 0 Å². The number of para-hydroxylation sites is 1. The van der Waals surface area contributed by atoms with Crippen molar-refractivity contribution in [3.8, 4) is 17.2 Å². The number of alkyl halides is 9. The Kier molecular flexibility index (Phi) is 32.0. The van der Waals surface area contributed by atoms with Crippen LogP contribution in [0.3, 0.4) is 0 Å². The Bertz CT molecular complexity index is 3460. The van der Waals surface area contributed by atoms with Gasteiger partial charge in [-0.1, -0.05) is 42.5 Å². The van der Waals surface area contributed by atoms with E-state index in [0.717, 1.165) is 20.8 Å². The number of hydrogen-bond acceptors (Lipinski definition) is 27. The number of nitrogens with one attached hydrogen (secondary N) is 3. The number of amides is 3. The predicted molar refractivity (Wildman–Crippen MR) is 327 cm³/mol. The van der Waals surface area contributed by atoms with Crippen LogP contribution in [0.1, 0.15) is 76.0 Å². The third kappa shape index (κ3) is 24.6. The minimum atomic E-state index is -5.05. The summed E-state index contributed by atoms with van der Waals surface area (Å²) in [6, 6.07) is 11.3. The molecule has 33 nitrogen and oxygen atoms in total. The molecule has 18 N–H and O–H groups in total. The third-order valence-electron chi connectivity index (χ3n) is 16.0. The number of ether oxygens (including phenoxy) is 6. The van der Waals surface area contributed by atoms with Crippen molar-refractivity contribution in [3.05, 3.63) is 89.5 Å². The summed E-state index contributed by atoms with van der Waals surface area (Å²) < 4.78 is 145. The summed E-state index contributed by atoms with van der Waals surface area (Å²) >= 11 is 0. The van der Waals surface area contributed by atoms with Gasteiger partial charge in [0, 0.05) is 40.0 Å². The Morgan fingerprint density at radius 3 is 1.10 bits per heavy atom. The SMILES string of the molecule is CC(=O)NC1C(O)CC(Oc2ccc(CCC(=O)C(F)(F)F)cc2)(C(=O)O)OC1[C@H](O)[C@H](O)CO.CC(=O)NC1C(O)CC(Oc2cccc(CCC(=O)C(F)(F)F)c2)(C(=O)O)OC1[C@H](O)[C@H](O)CO.CC(=O)NC1C(O)CC(Oc2ccccc2CCC(=O)C(F)(F)F)(C(=O)O)OC1[C@H](O)[C@H](O)CO. The summed E-state index contributed by atoms with van der Waals surface area (Å²) in [7, 11) is 0. The highest BCUT2D eigenvalue weighted by atomic mass is 19.4. The van der Waals surface area contributed by atoms with Gasteiger partial charge in [-0.25, -0.2) is 14.4 Å². The molecule has 6 rings (SSSR count). The number of carbonyl (C=O) groups excluding carboxylic acids is 6. The van der Waals surface area contributed by atoms with Crippen molar-refractivity contribution >= 4 is 53.0 Å². The molecule has 12 unspecified atom stereocenters. The molecule has 42 heteroatoms. The molecule has 0 aliphatic carbocycles. The van der Waals surface area contributed by atoms with E-state index in [9.17, 15) is 149 Å². The molecule has 3 aliphatic heterocycles. The number of Topliss-reactive ketones (excluding diaryl/α,β-unsaturated/α-hetero) is 3. The van der Waals surface area contributed by atoms with Crippen LogP contribution in [0, 0.1) is 0 Å². The molecule has 3 aliphatic rings. The highest BCUT2D eigenvalue weighted by molar-refractivity contribution is 5.85. The van der Waals surface area contributed by atoms with Gasteiger partial charge in [-0.2, -0.15) is 39.5 Å². The molecule has 3 heterocycles. The molecule has 18 atom stereocenters. The van der Waals surface area contributed by atoms with Crippen LogP contribution in [0.15, 0.2) is 72.8 Å². The average molecular weight is 1530 g/mol. The fourth-order valence-corrected chi connectivity index (χ4v) is 10.7. The second-order valence-corrected chi connectivity index (χ2v) is 24.1. The number of aryl methyl sites for hydroxylation is 3. The van der Waals surface area contributed by atoms with Crippen LogP contribution in [0.2, 0.25) is 0 Å². The van der Waals surface area contributed by atoms with Gasteiger partial charge in [-0.05, 0) is 66.3 Å². The molecule has 3 aromatic rings. The first-order valence-electron chi connectivity index (χ1n) is 31.2.